The molecule has 196 valence electrons. The number of carbonyl (C=O) groups excluding carboxylic acids is 2. The van der Waals surface area contributed by atoms with Crippen LogP contribution in [0.25, 0.3) is 0 Å². The molecule has 0 bridgehead atoms. The van der Waals surface area contributed by atoms with Crippen LogP contribution in [0.5, 0.6) is 0 Å². The normalized spacial score (nSPS) is 12.0. The monoisotopic (exact) mass is 585 g/mol. The van der Waals surface area contributed by atoms with Crippen molar-refractivity contribution in [3.8, 4) is 0 Å². The lowest BCUT2D eigenvalue weighted by Gasteiger charge is -2.33. The number of hydrogen-bond acceptors (Lipinski definition) is 4. The van der Waals surface area contributed by atoms with E-state index in [1.807, 2.05) is 68.4 Å². The number of rotatable bonds is 10. The van der Waals surface area contributed by atoms with Crippen LogP contribution in [0.2, 0.25) is 0 Å². The molecule has 0 spiro atoms. The van der Waals surface area contributed by atoms with Crippen LogP contribution in [0, 0.1) is 13.8 Å². The summed E-state index contributed by atoms with van der Waals surface area (Å²) >= 11 is 3.43. The van der Waals surface area contributed by atoms with Crippen molar-refractivity contribution in [3.05, 3.63) is 99.5 Å². The zero-order valence-corrected chi connectivity index (χ0v) is 23.8. The van der Waals surface area contributed by atoms with Crippen LogP contribution < -0.4 is 9.62 Å². The number of hydrogen-bond donors (Lipinski definition) is 1. The molecule has 3 rings (SSSR count). The van der Waals surface area contributed by atoms with E-state index in [-0.39, 0.29) is 18.9 Å². The van der Waals surface area contributed by atoms with Crippen LogP contribution in [0.1, 0.15) is 22.3 Å². The van der Waals surface area contributed by atoms with E-state index in [2.05, 4.69) is 21.2 Å². The van der Waals surface area contributed by atoms with E-state index in [1.165, 1.54) is 11.9 Å². The highest BCUT2D eigenvalue weighted by atomic mass is 79.9. The minimum Gasteiger partial charge on any atom is -0.357 e. The molecule has 0 radical (unpaired) electrons. The van der Waals surface area contributed by atoms with Crippen molar-refractivity contribution >= 4 is 43.5 Å². The summed E-state index contributed by atoms with van der Waals surface area (Å²) in [4.78, 5) is 28.5. The van der Waals surface area contributed by atoms with E-state index < -0.39 is 28.5 Å². The molecule has 0 fully saturated rings. The molecular formula is C28H32BrN3O4S. The quantitative estimate of drug-likeness (QED) is 0.386. The highest BCUT2D eigenvalue weighted by Gasteiger charge is 2.32. The van der Waals surface area contributed by atoms with Crippen molar-refractivity contribution in [2.45, 2.75) is 32.9 Å². The van der Waals surface area contributed by atoms with E-state index in [1.54, 1.807) is 18.2 Å². The topological polar surface area (TPSA) is 86.8 Å². The third-order valence-electron chi connectivity index (χ3n) is 6.06. The van der Waals surface area contributed by atoms with Gasteiger partial charge in [0, 0.05) is 24.5 Å². The Hall–Kier alpha value is -3.17. The van der Waals surface area contributed by atoms with E-state index in [0.717, 1.165) is 37.3 Å². The standard InChI is InChI=1S/C28H32BrN3O4S/c1-20-9-8-12-23(15-20)18-31(26(28(34)30-3)17-22-10-6-5-7-11-22)27(33)19-32(37(4,35)36)24-13-14-25(29)21(2)16-24/h5-16,26H,17-19H2,1-4H3,(H,30,34)/t26-/m1/s1. The van der Waals surface area contributed by atoms with Gasteiger partial charge in [0.15, 0.2) is 0 Å². The second-order valence-corrected chi connectivity index (χ2v) is 11.8. The Bertz CT molecular complexity index is 1360. The number of halogens is 1. The molecule has 37 heavy (non-hydrogen) atoms. The average Bonchev–Trinajstić information content (AvgIpc) is 2.86. The van der Waals surface area contributed by atoms with E-state index in [9.17, 15) is 18.0 Å². The average molecular weight is 587 g/mol. The van der Waals surface area contributed by atoms with Crippen LogP contribution in [-0.4, -0.2) is 51.0 Å². The highest BCUT2D eigenvalue weighted by Crippen LogP contribution is 2.25. The minimum absolute atomic E-state index is 0.155. The molecule has 7 nitrogen and oxygen atoms in total. The minimum atomic E-state index is -3.80. The lowest BCUT2D eigenvalue weighted by atomic mass is 10.0. The Morgan fingerprint density at radius 2 is 1.62 bits per heavy atom. The van der Waals surface area contributed by atoms with Crippen molar-refractivity contribution in [1.29, 1.82) is 0 Å². The fraction of sp³-hybridized carbons (Fsp3) is 0.286. The first-order valence-corrected chi connectivity index (χ1v) is 14.5. The van der Waals surface area contributed by atoms with Gasteiger partial charge in [-0.05, 0) is 48.7 Å². The maximum atomic E-state index is 13.9. The number of sulfonamides is 1. The van der Waals surface area contributed by atoms with Crippen molar-refractivity contribution in [1.82, 2.24) is 10.2 Å². The summed E-state index contributed by atoms with van der Waals surface area (Å²) in [5.41, 5.74) is 3.98. The number of nitrogens with one attached hydrogen (secondary N) is 1. The number of amides is 2. The van der Waals surface area contributed by atoms with Gasteiger partial charge in [-0.2, -0.15) is 0 Å². The van der Waals surface area contributed by atoms with Gasteiger partial charge < -0.3 is 10.2 Å². The summed E-state index contributed by atoms with van der Waals surface area (Å²) < 4.78 is 27.5. The molecule has 1 N–H and O–H groups in total. The van der Waals surface area contributed by atoms with Crippen LogP contribution in [-0.2, 0) is 32.6 Å². The number of benzene rings is 3. The van der Waals surface area contributed by atoms with Gasteiger partial charge in [0.1, 0.15) is 12.6 Å². The molecule has 3 aromatic carbocycles. The largest absolute Gasteiger partial charge is 0.357 e. The van der Waals surface area contributed by atoms with Gasteiger partial charge in [0.2, 0.25) is 21.8 Å². The number of anilines is 1. The second-order valence-electron chi connectivity index (χ2n) is 9.03. The summed E-state index contributed by atoms with van der Waals surface area (Å²) in [5, 5.41) is 2.68. The van der Waals surface area contributed by atoms with Gasteiger partial charge in [-0.25, -0.2) is 8.42 Å². The SMILES string of the molecule is CNC(=O)[C@@H](Cc1ccccc1)N(Cc1cccc(C)c1)C(=O)CN(c1ccc(Br)c(C)c1)S(C)(=O)=O. The summed E-state index contributed by atoms with van der Waals surface area (Å²) in [7, 11) is -2.27. The third kappa shape index (κ3) is 7.66. The molecule has 3 aromatic rings. The molecular weight excluding hydrogens is 554 g/mol. The summed E-state index contributed by atoms with van der Waals surface area (Å²) in [6.07, 6.45) is 1.36. The van der Waals surface area contributed by atoms with Gasteiger partial charge in [-0.15, -0.1) is 0 Å². The zero-order valence-electron chi connectivity index (χ0n) is 21.4. The maximum Gasteiger partial charge on any atom is 0.244 e. The van der Waals surface area contributed by atoms with Crippen LogP contribution in [0.15, 0.2) is 77.3 Å². The number of nitrogens with zero attached hydrogens (tertiary/aromatic N) is 2. The maximum absolute atomic E-state index is 13.9. The Balaban J connectivity index is 2.04. The molecule has 0 saturated carbocycles. The van der Waals surface area contributed by atoms with Gasteiger partial charge in [0.25, 0.3) is 0 Å². The number of likely N-dealkylation sites (N-methyl/N-ethyl adjacent to an activating group) is 1. The summed E-state index contributed by atoms with van der Waals surface area (Å²) in [6.45, 7) is 3.52. The van der Waals surface area contributed by atoms with Gasteiger partial charge in [0.05, 0.1) is 11.9 Å². The zero-order chi connectivity index (χ0) is 27.2. The first kappa shape index (κ1) is 28.4. The molecule has 9 heteroatoms. The molecule has 0 aliphatic heterocycles. The lowest BCUT2D eigenvalue weighted by Crippen LogP contribution is -2.52. The number of carbonyl (C=O) groups is 2. The van der Waals surface area contributed by atoms with Crippen LogP contribution in [0.3, 0.4) is 0 Å². The molecule has 0 aromatic heterocycles. The highest BCUT2D eigenvalue weighted by molar-refractivity contribution is 9.10. The molecule has 0 unspecified atom stereocenters. The summed E-state index contributed by atoms with van der Waals surface area (Å²) in [6, 6.07) is 21.4. The van der Waals surface area contributed by atoms with Crippen molar-refractivity contribution < 1.29 is 18.0 Å². The first-order valence-electron chi connectivity index (χ1n) is 11.8. The van der Waals surface area contributed by atoms with Gasteiger partial charge in [-0.1, -0.05) is 76.1 Å². The Morgan fingerprint density at radius 3 is 2.22 bits per heavy atom. The summed E-state index contributed by atoms with van der Waals surface area (Å²) in [5.74, 6) is -0.799. The predicted octanol–water partition coefficient (Wildman–Crippen LogP) is 4.22. The molecule has 0 heterocycles. The fourth-order valence-electron chi connectivity index (χ4n) is 4.13. The van der Waals surface area contributed by atoms with Crippen molar-refractivity contribution in [3.63, 3.8) is 0 Å². The van der Waals surface area contributed by atoms with E-state index in [0.29, 0.717) is 5.69 Å². The van der Waals surface area contributed by atoms with Gasteiger partial charge in [-0.3, -0.25) is 13.9 Å². The van der Waals surface area contributed by atoms with Crippen LogP contribution in [0.4, 0.5) is 5.69 Å². The van der Waals surface area contributed by atoms with E-state index in [4.69, 9.17) is 0 Å². The molecule has 1 atom stereocenters. The van der Waals surface area contributed by atoms with E-state index >= 15 is 0 Å². The Kier molecular flexibility index (Phi) is 9.50. The number of aryl methyl sites for hydroxylation is 2. The Morgan fingerprint density at radius 1 is 0.946 bits per heavy atom. The predicted molar refractivity (Wildman–Crippen MR) is 151 cm³/mol. The molecule has 0 aliphatic rings. The smallest absolute Gasteiger partial charge is 0.244 e. The molecule has 2 amide bonds. The lowest BCUT2D eigenvalue weighted by molar-refractivity contribution is -0.139. The molecule has 0 saturated heterocycles. The first-order chi connectivity index (χ1) is 17.5. The fourth-order valence-corrected chi connectivity index (χ4v) is 5.21. The van der Waals surface area contributed by atoms with Crippen LogP contribution >= 0.6 is 15.9 Å². The van der Waals surface area contributed by atoms with Gasteiger partial charge >= 0.3 is 0 Å². The van der Waals surface area contributed by atoms with Crippen molar-refractivity contribution in [2.75, 3.05) is 24.2 Å². The Labute approximate surface area is 227 Å². The third-order valence-corrected chi connectivity index (χ3v) is 8.09. The molecule has 0 aliphatic carbocycles. The van der Waals surface area contributed by atoms with Crippen molar-refractivity contribution in [2.24, 2.45) is 0 Å². The second kappa shape index (κ2) is 12.4.